The molecule has 0 bridgehead atoms. The van der Waals surface area contributed by atoms with E-state index in [0.717, 1.165) is 29.7 Å². The quantitative estimate of drug-likeness (QED) is 0.594. The highest BCUT2D eigenvalue weighted by molar-refractivity contribution is 5.85. The number of aromatic nitrogens is 3. The van der Waals surface area contributed by atoms with Crippen LogP contribution in [-0.2, 0) is 17.8 Å². The van der Waals surface area contributed by atoms with Crippen molar-refractivity contribution in [2.75, 3.05) is 6.54 Å². The third kappa shape index (κ3) is 5.53. The summed E-state index contributed by atoms with van der Waals surface area (Å²) in [5.41, 5.74) is 9.05. The summed E-state index contributed by atoms with van der Waals surface area (Å²) in [4.78, 5) is 14.2. The molecule has 1 saturated heterocycles. The van der Waals surface area contributed by atoms with Crippen LogP contribution < -0.4 is 5.73 Å². The normalized spacial score (nSPS) is 16.2. The van der Waals surface area contributed by atoms with Crippen molar-refractivity contribution in [3.63, 3.8) is 0 Å². The molecule has 2 heterocycles. The number of amides is 1. The van der Waals surface area contributed by atoms with Crippen molar-refractivity contribution in [2.24, 2.45) is 5.73 Å². The second-order valence-electron chi connectivity index (χ2n) is 7.88. The molecule has 1 fully saturated rings. The highest BCUT2D eigenvalue weighted by Crippen LogP contribution is 2.20. The Hall–Kier alpha value is -3.35. The Kier molecular flexibility index (Phi) is 7.74. The van der Waals surface area contributed by atoms with Gasteiger partial charge in [0, 0.05) is 12.1 Å². The molecule has 1 aliphatic rings. The molecule has 1 aromatic heterocycles. The molecule has 172 valence electrons. The van der Waals surface area contributed by atoms with Gasteiger partial charge in [-0.05, 0) is 42.5 Å². The van der Waals surface area contributed by atoms with Crippen LogP contribution in [-0.4, -0.2) is 44.4 Å². The summed E-state index contributed by atoms with van der Waals surface area (Å²) in [6, 6.07) is 12.3. The van der Waals surface area contributed by atoms with Crippen LogP contribution in [0.4, 0.5) is 8.78 Å². The predicted molar refractivity (Wildman–Crippen MR) is 120 cm³/mol. The van der Waals surface area contributed by atoms with Gasteiger partial charge in [0.2, 0.25) is 5.91 Å². The van der Waals surface area contributed by atoms with E-state index in [1.165, 1.54) is 6.07 Å². The van der Waals surface area contributed by atoms with Crippen molar-refractivity contribution in [1.29, 1.82) is 5.26 Å². The fourth-order valence-electron chi connectivity index (χ4n) is 3.86. The van der Waals surface area contributed by atoms with Crippen LogP contribution in [0.5, 0.6) is 0 Å². The monoisotopic (exact) mass is 472 g/mol. The minimum atomic E-state index is -0.900. The van der Waals surface area contributed by atoms with Gasteiger partial charge in [-0.3, -0.25) is 4.79 Å². The molecule has 0 radical (unpaired) electrons. The smallest absolute Gasteiger partial charge is 0.240 e. The van der Waals surface area contributed by atoms with Gasteiger partial charge in [-0.15, -0.1) is 17.5 Å². The lowest BCUT2D eigenvalue weighted by Crippen LogP contribution is -2.46. The largest absolute Gasteiger partial charge is 0.325 e. The van der Waals surface area contributed by atoms with Gasteiger partial charge in [-0.2, -0.15) is 5.26 Å². The average molecular weight is 473 g/mol. The lowest BCUT2D eigenvalue weighted by Gasteiger charge is -2.23. The number of benzene rings is 2. The molecular formula is C23H23ClF2N6O. The minimum Gasteiger partial charge on any atom is -0.325 e. The summed E-state index contributed by atoms with van der Waals surface area (Å²) in [6.45, 7) is 0.837. The Morgan fingerprint density at radius 2 is 1.91 bits per heavy atom. The van der Waals surface area contributed by atoms with E-state index in [4.69, 9.17) is 5.73 Å². The van der Waals surface area contributed by atoms with Crippen molar-refractivity contribution in [2.45, 2.75) is 37.9 Å². The molecule has 7 nitrogen and oxygen atoms in total. The first-order chi connectivity index (χ1) is 15.4. The van der Waals surface area contributed by atoms with Gasteiger partial charge in [0.25, 0.3) is 0 Å². The number of nitrogens with two attached hydrogens (primary N) is 1. The molecular weight excluding hydrogens is 450 g/mol. The van der Waals surface area contributed by atoms with Crippen LogP contribution in [0, 0.1) is 23.0 Å². The van der Waals surface area contributed by atoms with Gasteiger partial charge in [0.15, 0.2) is 11.6 Å². The average Bonchev–Trinajstić information content (AvgIpc) is 3.46. The molecule has 33 heavy (non-hydrogen) atoms. The molecule has 2 aromatic carbocycles. The van der Waals surface area contributed by atoms with Gasteiger partial charge in [0.05, 0.1) is 24.9 Å². The number of rotatable bonds is 6. The fraction of sp³-hybridized carbons (Fsp3) is 0.304. The Morgan fingerprint density at radius 1 is 1.18 bits per heavy atom. The highest BCUT2D eigenvalue weighted by Gasteiger charge is 2.31. The lowest BCUT2D eigenvalue weighted by molar-refractivity contribution is -0.132. The zero-order chi connectivity index (χ0) is 22.7. The summed E-state index contributed by atoms with van der Waals surface area (Å²) < 4.78 is 28.0. The molecule has 10 heteroatoms. The van der Waals surface area contributed by atoms with Crippen LogP contribution in [0.25, 0.3) is 11.3 Å². The van der Waals surface area contributed by atoms with E-state index in [-0.39, 0.29) is 30.9 Å². The number of nitrogens with zero attached hydrogens (tertiary/aromatic N) is 5. The van der Waals surface area contributed by atoms with E-state index in [1.54, 1.807) is 15.8 Å². The number of nitriles is 1. The SMILES string of the molecule is Cl.N#C[C@@H]1CCCN1C(=O)[C@@H](N)Cc1ccc(-c2cn(Cc3ccc(F)c(F)c3)nn2)cc1. The minimum absolute atomic E-state index is 0. The van der Waals surface area contributed by atoms with Gasteiger partial charge in [0.1, 0.15) is 11.7 Å². The van der Waals surface area contributed by atoms with Crippen molar-refractivity contribution in [1.82, 2.24) is 19.9 Å². The Bertz CT molecular complexity index is 1160. The fourth-order valence-corrected chi connectivity index (χ4v) is 3.86. The van der Waals surface area contributed by atoms with Crippen molar-refractivity contribution < 1.29 is 13.6 Å². The molecule has 0 unspecified atom stereocenters. The molecule has 4 rings (SSSR count). The van der Waals surface area contributed by atoms with Gasteiger partial charge in [-0.1, -0.05) is 35.5 Å². The van der Waals surface area contributed by atoms with E-state index >= 15 is 0 Å². The standard InChI is InChI=1S/C23H22F2N6O.ClH/c24-19-8-5-16(10-20(19)25)13-30-14-22(28-29-30)17-6-3-15(4-7-17)11-21(27)23(32)31-9-1-2-18(31)12-26;/h3-8,10,14,18,21H,1-2,9,11,13,27H2;1H/t18-,21-;/m0./s1. The van der Waals surface area contributed by atoms with Crippen molar-refractivity contribution >= 4 is 18.3 Å². The summed E-state index contributed by atoms with van der Waals surface area (Å²) in [6.07, 6.45) is 3.61. The third-order valence-electron chi connectivity index (χ3n) is 5.57. The molecule has 3 aromatic rings. The first kappa shape index (κ1) is 24.3. The first-order valence-electron chi connectivity index (χ1n) is 10.3. The van der Waals surface area contributed by atoms with E-state index in [0.29, 0.717) is 30.6 Å². The topological polar surface area (TPSA) is 101 Å². The molecule has 1 aliphatic heterocycles. The van der Waals surface area contributed by atoms with E-state index in [1.807, 2.05) is 24.3 Å². The summed E-state index contributed by atoms with van der Waals surface area (Å²) in [5, 5.41) is 17.4. The van der Waals surface area contributed by atoms with Crippen LogP contribution in [0.15, 0.2) is 48.7 Å². The highest BCUT2D eigenvalue weighted by atomic mass is 35.5. The van der Waals surface area contributed by atoms with Crippen LogP contribution >= 0.6 is 12.4 Å². The van der Waals surface area contributed by atoms with Gasteiger partial charge in [-0.25, -0.2) is 13.5 Å². The molecule has 1 amide bonds. The second-order valence-corrected chi connectivity index (χ2v) is 7.88. The predicted octanol–water partition coefficient (Wildman–Crippen LogP) is 3.08. The molecule has 2 atom stereocenters. The number of hydrogen-bond acceptors (Lipinski definition) is 5. The van der Waals surface area contributed by atoms with Gasteiger partial charge >= 0.3 is 0 Å². The summed E-state index contributed by atoms with van der Waals surface area (Å²) in [7, 11) is 0. The van der Waals surface area contributed by atoms with E-state index in [2.05, 4.69) is 16.4 Å². The van der Waals surface area contributed by atoms with Crippen LogP contribution in [0.2, 0.25) is 0 Å². The molecule has 0 spiro atoms. The van der Waals surface area contributed by atoms with E-state index in [9.17, 15) is 18.8 Å². The molecule has 0 aliphatic carbocycles. The maximum atomic E-state index is 13.4. The molecule has 2 N–H and O–H groups in total. The number of halogens is 3. The number of carbonyl (C=O) groups is 1. The summed E-state index contributed by atoms with van der Waals surface area (Å²) in [5.74, 6) is -1.99. The number of likely N-dealkylation sites (tertiary alicyclic amines) is 1. The number of carbonyl (C=O) groups excluding carboxylic acids is 1. The Balaban J connectivity index is 0.00000306. The first-order valence-corrected chi connectivity index (χ1v) is 10.3. The zero-order valence-corrected chi connectivity index (χ0v) is 18.5. The maximum Gasteiger partial charge on any atom is 0.240 e. The number of hydrogen-bond donors (Lipinski definition) is 1. The van der Waals surface area contributed by atoms with E-state index < -0.39 is 17.7 Å². The van der Waals surface area contributed by atoms with Crippen LogP contribution in [0.1, 0.15) is 24.0 Å². The maximum absolute atomic E-state index is 13.4. The zero-order valence-electron chi connectivity index (χ0n) is 17.7. The van der Waals surface area contributed by atoms with Crippen molar-refractivity contribution in [3.05, 3.63) is 71.4 Å². The summed E-state index contributed by atoms with van der Waals surface area (Å²) >= 11 is 0. The van der Waals surface area contributed by atoms with Gasteiger partial charge < -0.3 is 10.6 Å². The Labute approximate surface area is 196 Å². The second kappa shape index (κ2) is 10.5. The third-order valence-corrected chi connectivity index (χ3v) is 5.57. The van der Waals surface area contributed by atoms with Crippen LogP contribution in [0.3, 0.4) is 0 Å². The lowest BCUT2D eigenvalue weighted by atomic mass is 10.0. The van der Waals surface area contributed by atoms with Crippen molar-refractivity contribution in [3.8, 4) is 17.3 Å². The Morgan fingerprint density at radius 3 is 2.61 bits per heavy atom. The molecule has 0 saturated carbocycles.